The number of benzene rings is 1. The highest BCUT2D eigenvalue weighted by atomic mass is 16.5. The summed E-state index contributed by atoms with van der Waals surface area (Å²) in [5.74, 6) is -1.15. The lowest BCUT2D eigenvalue weighted by Gasteiger charge is -2.41. The van der Waals surface area contributed by atoms with E-state index in [4.69, 9.17) is 4.74 Å². The number of hydrogen-bond acceptors (Lipinski definition) is 5. The third kappa shape index (κ3) is 5.21. The van der Waals surface area contributed by atoms with Crippen LogP contribution >= 0.6 is 0 Å². The first-order chi connectivity index (χ1) is 12.0. The van der Waals surface area contributed by atoms with Crippen LogP contribution in [0.1, 0.15) is 44.6 Å². The first kappa shape index (κ1) is 19.3. The average molecular weight is 348 g/mol. The van der Waals surface area contributed by atoms with E-state index in [2.05, 4.69) is 10.6 Å². The molecule has 8 heteroatoms. The van der Waals surface area contributed by atoms with Gasteiger partial charge >= 0.3 is 13.2 Å². The zero-order chi connectivity index (χ0) is 18.3. The fourth-order valence-electron chi connectivity index (χ4n) is 2.81. The normalized spacial score (nSPS) is 16.3. The van der Waals surface area contributed by atoms with Gasteiger partial charge in [0.2, 0.25) is 5.91 Å². The van der Waals surface area contributed by atoms with Crippen molar-refractivity contribution in [3.8, 4) is 0 Å². The van der Waals surface area contributed by atoms with Gasteiger partial charge in [-0.15, -0.1) is 0 Å². The number of nitrogens with one attached hydrogen (secondary N) is 2. The summed E-state index contributed by atoms with van der Waals surface area (Å²) in [6.45, 7) is 2.01. The molecule has 0 aliphatic heterocycles. The molecule has 1 aromatic carbocycles. The van der Waals surface area contributed by atoms with Gasteiger partial charge in [0.15, 0.2) is 0 Å². The Morgan fingerprint density at radius 1 is 1.28 bits per heavy atom. The molecule has 0 radical (unpaired) electrons. The smallest absolute Gasteiger partial charge is 0.445 e. The lowest BCUT2D eigenvalue weighted by Crippen LogP contribution is -2.65. The SMILES string of the molecule is CCC[C@H](NC(=O)C1(NC(=O)OCc2ccccc2)CCC1)B(O)O. The van der Waals surface area contributed by atoms with E-state index in [1.54, 1.807) is 0 Å². The fraction of sp³-hybridized carbons (Fsp3) is 0.529. The number of rotatable bonds is 8. The Hall–Kier alpha value is -2.06. The summed E-state index contributed by atoms with van der Waals surface area (Å²) in [5.41, 5.74) is -0.176. The van der Waals surface area contributed by atoms with Gasteiger partial charge in [0.05, 0.1) is 5.94 Å². The van der Waals surface area contributed by atoms with Crippen molar-refractivity contribution in [2.24, 2.45) is 0 Å². The van der Waals surface area contributed by atoms with Crippen molar-refractivity contribution in [2.75, 3.05) is 0 Å². The van der Waals surface area contributed by atoms with Gasteiger partial charge in [0.1, 0.15) is 12.1 Å². The van der Waals surface area contributed by atoms with Gasteiger partial charge in [-0.25, -0.2) is 4.79 Å². The quantitative estimate of drug-likeness (QED) is 0.527. The minimum Gasteiger partial charge on any atom is -0.445 e. The molecule has 1 aromatic rings. The van der Waals surface area contributed by atoms with Crippen LogP contribution in [0.2, 0.25) is 0 Å². The fourth-order valence-corrected chi connectivity index (χ4v) is 2.81. The molecule has 7 nitrogen and oxygen atoms in total. The first-order valence-corrected chi connectivity index (χ1v) is 8.63. The molecule has 0 heterocycles. The molecule has 25 heavy (non-hydrogen) atoms. The minimum absolute atomic E-state index is 0.123. The predicted octanol–water partition coefficient (Wildman–Crippen LogP) is 1.13. The zero-order valence-corrected chi connectivity index (χ0v) is 14.4. The Bertz CT molecular complexity index is 578. The maximum Gasteiger partial charge on any atom is 0.475 e. The van der Waals surface area contributed by atoms with Gasteiger partial charge in [-0.2, -0.15) is 0 Å². The molecule has 1 aliphatic carbocycles. The second-order valence-electron chi connectivity index (χ2n) is 6.40. The maximum atomic E-state index is 12.5. The van der Waals surface area contributed by atoms with Gasteiger partial charge < -0.3 is 25.4 Å². The topological polar surface area (TPSA) is 108 Å². The van der Waals surface area contributed by atoms with Crippen molar-refractivity contribution in [2.45, 2.75) is 57.1 Å². The van der Waals surface area contributed by atoms with Crippen LogP contribution in [-0.4, -0.2) is 40.6 Å². The summed E-state index contributed by atoms with van der Waals surface area (Å²) in [4.78, 5) is 24.6. The first-order valence-electron chi connectivity index (χ1n) is 8.63. The summed E-state index contributed by atoms with van der Waals surface area (Å²) in [7, 11) is -1.63. The number of amides is 2. The molecule has 2 rings (SSSR count). The molecule has 4 N–H and O–H groups in total. The lowest BCUT2D eigenvalue weighted by atomic mass is 9.73. The summed E-state index contributed by atoms with van der Waals surface area (Å²) in [6.07, 6.45) is 2.29. The molecule has 0 spiro atoms. The Balaban J connectivity index is 1.90. The number of alkyl carbamates (subject to hydrolysis) is 1. The number of hydrogen-bond donors (Lipinski definition) is 4. The highest BCUT2D eigenvalue weighted by molar-refractivity contribution is 6.43. The van der Waals surface area contributed by atoms with Crippen molar-refractivity contribution < 1.29 is 24.4 Å². The number of carbonyl (C=O) groups is 2. The molecule has 0 saturated heterocycles. The van der Waals surface area contributed by atoms with Crippen LogP contribution in [0.25, 0.3) is 0 Å². The van der Waals surface area contributed by atoms with Crippen molar-refractivity contribution >= 4 is 19.1 Å². The molecule has 0 unspecified atom stereocenters. The Morgan fingerprint density at radius 2 is 1.96 bits per heavy atom. The van der Waals surface area contributed by atoms with Crippen molar-refractivity contribution in [3.05, 3.63) is 35.9 Å². The molecular formula is C17H25BN2O5. The second-order valence-corrected chi connectivity index (χ2v) is 6.40. The van der Waals surface area contributed by atoms with Gasteiger partial charge in [0.25, 0.3) is 0 Å². The van der Waals surface area contributed by atoms with Crippen molar-refractivity contribution in [3.63, 3.8) is 0 Å². The molecule has 1 fully saturated rings. The van der Waals surface area contributed by atoms with Crippen LogP contribution in [0.15, 0.2) is 30.3 Å². The number of ether oxygens (including phenoxy) is 1. The van der Waals surface area contributed by atoms with Gasteiger partial charge in [-0.1, -0.05) is 43.7 Å². The van der Waals surface area contributed by atoms with Gasteiger partial charge in [-0.05, 0) is 31.2 Å². The molecule has 1 atom stereocenters. The molecule has 2 amide bonds. The van der Waals surface area contributed by atoms with Crippen LogP contribution in [0.3, 0.4) is 0 Å². The van der Waals surface area contributed by atoms with Crippen LogP contribution in [-0.2, 0) is 16.1 Å². The summed E-state index contributed by atoms with van der Waals surface area (Å²) in [6, 6.07) is 9.27. The summed E-state index contributed by atoms with van der Waals surface area (Å²) in [5, 5.41) is 24.0. The molecule has 0 aromatic heterocycles. The van der Waals surface area contributed by atoms with E-state index in [9.17, 15) is 19.6 Å². The van der Waals surface area contributed by atoms with E-state index in [1.807, 2.05) is 37.3 Å². The van der Waals surface area contributed by atoms with Crippen LogP contribution in [0.4, 0.5) is 4.79 Å². The summed E-state index contributed by atoms with van der Waals surface area (Å²) >= 11 is 0. The molecule has 1 saturated carbocycles. The second kappa shape index (κ2) is 8.87. The third-order valence-electron chi connectivity index (χ3n) is 4.47. The molecular weight excluding hydrogens is 323 g/mol. The highest BCUT2D eigenvalue weighted by Gasteiger charge is 2.47. The summed E-state index contributed by atoms with van der Waals surface area (Å²) < 4.78 is 5.18. The standard InChI is InChI=1S/C17H25BN2O5/c1-2-7-14(18(23)24)19-15(21)17(10-6-11-17)20-16(22)25-12-13-8-4-3-5-9-13/h3-5,8-9,14,23-24H,2,6-7,10-12H2,1H3,(H,19,21)(H,20,22)/t14-/m0/s1. The van der Waals surface area contributed by atoms with Crippen LogP contribution < -0.4 is 10.6 Å². The van der Waals surface area contributed by atoms with E-state index in [0.29, 0.717) is 25.7 Å². The predicted molar refractivity (Wildman–Crippen MR) is 93.4 cm³/mol. The van der Waals surface area contributed by atoms with Crippen molar-refractivity contribution in [1.82, 2.24) is 10.6 Å². The maximum absolute atomic E-state index is 12.5. The molecule has 0 bridgehead atoms. The lowest BCUT2D eigenvalue weighted by molar-refractivity contribution is -0.131. The number of carbonyl (C=O) groups excluding carboxylic acids is 2. The van der Waals surface area contributed by atoms with Crippen LogP contribution in [0, 0.1) is 0 Å². The van der Waals surface area contributed by atoms with Gasteiger partial charge in [0, 0.05) is 0 Å². The van der Waals surface area contributed by atoms with E-state index >= 15 is 0 Å². The minimum atomic E-state index is -1.63. The largest absolute Gasteiger partial charge is 0.475 e. The third-order valence-corrected chi connectivity index (χ3v) is 4.47. The average Bonchev–Trinajstić information content (AvgIpc) is 2.56. The van der Waals surface area contributed by atoms with E-state index in [1.165, 1.54) is 0 Å². The Morgan fingerprint density at radius 3 is 2.48 bits per heavy atom. The molecule has 136 valence electrons. The molecule has 1 aliphatic rings. The van der Waals surface area contributed by atoms with Crippen LogP contribution in [0.5, 0.6) is 0 Å². The van der Waals surface area contributed by atoms with Crippen molar-refractivity contribution in [1.29, 1.82) is 0 Å². The zero-order valence-electron chi connectivity index (χ0n) is 14.4. The monoisotopic (exact) mass is 348 g/mol. The van der Waals surface area contributed by atoms with Gasteiger partial charge in [-0.3, -0.25) is 4.79 Å². The van der Waals surface area contributed by atoms with E-state index in [-0.39, 0.29) is 6.61 Å². The Labute approximate surface area is 147 Å². The van der Waals surface area contributed by atoms with E-state index in [0.717, 1.165) is 12.0 Å². The Kier molecular flexibility index (Phi) is 6.84. The highest BCUT2D eigenvalue weighted by Crippen LogP contribution is 2.32. The van der Waals surface area contributed by atoms with E-state index < -0.39 is 30.6 Å².